The zero-order valence-corrected chi connectivity index (χ0v) is 21.0. The molecule has 4 aromatic rings. The van der Waals surface area contributed by atoms with Crippen LogP contribution in [-0.4, -0.2) is 46.5 Å². The van der Waals surface area contributed by atoms with Crippen LogP contribution in [0.15, 0.2) is 70.8 Å². The molecule has 0 fully saturated rings. The fraction of sp³-hybridized carbons (Fsp3) is 0.222. The van der Waals surface area contributed by atoms with Gasteiger partial charge in [-0.05, 0) is 30.0 Å². The number of nitrogens with zero attached hydrogens (tertiary/aromatic N) is 3. The first-order valence-corrected chi connectivity index (χ1v) is 13.7. The lowest BCUT2D eigenvalue weighted by atomic mass is 10.0. The van der Waals surface area contributed by atoms with Crippen molar-refractivity contribution in [3.8, 4) is 0 Å². The molecule has 10 heteroatoms. The van der Waals surface area contributed by atoms with Crippen molar-refractivity contribution in [2.75, 3.05) is 11.1 Å². The molecule has 1 aliphatic heterocycles. The van der Waals surface area contributed by atoms with E-state index in [0.717, 1.165) is 17.2 Å². The number of nitrogens with one attached hydrogen (secondary N) is 2. The lowest BCUT2D eigenvalue weighted by molar-refractivity contribution is 0.0998. The van der Waals surface area contributed by atoms with Crippen LogP contribution in [0.4, 0.5) is 5.95 Å². The van der Waals surface area contributed by atoms with E-state index in [0.29, 0.717) is 24.1 Å². The van der Waals surface area contributed by atoms with Crippen LogP contribution in [0, 0.1) is 0 Å². The number of aliphatic imine (C=N–C) groups is 1. The number of H-pyrrole nitrogens is 1. The van der Waals surface area contributed by atoms with E-state index in [2.05, 4.69) is 25.3 Å². The molecule has 2 aromatic heterocycles. The summed E-state index contributed by atoms with van der Waals surface area (Å²) in [5.74, 6) is -0.711. The number of fused-ring (bicyclic) bond motifs is 2. The van der Waals surface area contributed by atoms with Crippen LogP contribution in [0.1, 0.15) is 53.5 Å². The number of rotatable bonds is 9. The van der Waals surface area contributed by atoms with Crippen LogP contribution in [0.5, 0.6) is 0 Å². The number of pyridine rings is 1. The topological polar surface area (TPSA) is 134 Å². The summed E-state index contributed by atoms with van der Waals surface area (Å²) in [6.45, 7) is 1.91. The first-order chi connectivity index (χ1) is 17.8. The van der Waals surface area contributed by atoms with Gasteiger partial charge in [-0.3, -0.25) is 24.9 Å². The van der Waals surface area contributed by atoms with E-state index in [4.69, 9.17) is 0 Å². The summed E-state index contributed by atoms with van der Waals surface area (Å²) in [6.07, 6.45) is 6.98. The van der Waals surface area contributed by atoms with Crippen LogP contribution < -0.4 is 5.32 Å². The molecule has 0 unspecified atom stereocenters. The van der Waals surface area contributed by atoms with Crippen molar-refractivity contribution in [3.05, 3.63) is 72.2 Å². The fourth-order valence-electron chi connectivity index (χ4n) is 4.17. The van der Waals surface area contributed by atoms with Crippen molar-refractivity contribution in [3.63, 3.8) is 0 Å². The van der Waals surface area contributed by atoms with Crippen molar-refractivity contribution >= 4 is 55.0 Å². The molecule has 1 amide bonds. The number of aromatic nitrogens is 3. The van der Waals surface area contributed by atoms with Gasteiger partial charge in [-0.1, -0.05) is 43.7 Å². The van der Waals surface area contributed by atoms with E-state index in [1.54, 1.807) is 18.5 Å². The summed E-state index contributed by atoms with van der Waals surface area (Å²) in [5.41, 5.74) is 1.69. The van der Waals surface area contributed by atoms with Gasteiger partial charge in [0, 0.05) is 41.9 Å². The summed E-state index contributed by atoms with van der Waals surface area (Å²) in [4.78, 5) is 42.0. The molecule has 0 saturated carbocycles. The number of allylic oxidation sites excluding steroid dienone is 1. The molecule has 0 spiro atoms. The lowest BCUT2D eigenvalue weighted by Crippen LogP contribution is -2.14. The van der Waals surface area contributed by atoms with Gasteiger partial charge in [0.15, 0.2) is 15.6 Å². The molecule has 2 N–H and O–H groups in total. The van der Waals surface area contributed by atoms with Crippen molar-refractivity contribution < 1.29 is 18.0 Å². The average Bonchev–Trinajstić information content (AvgIpc) is 3.55. The van der Waals surface area contributed by atoms with Crippen molar-refractivity contribution in [1.82, 2.24) is 15.0 Å². The highest BCUT2D eigenvalue weighted by Crippen LogP contribution is 2.27. The second-order valence-corrected chi connectivity index (χ2v) is 11.0. The maximum Gasteiger partial charge on any atom is 0.276 e. The highest BCUT2D eigenvalue weighted by Gasteiger charge is 2.23. The number of amides is 1. The van der Waals surface area contributed by atoms with Crippen LogP contribution >= 0.6 is 0 Å². The Labute approximate surface area is 213 Å². The van der Waals surface area contributed by atoms with Gasteiger partial charge in [0.2, 0.25) is 5.95 Å². The van der Waals surface area contributed by atoms with Gasteiger partial charge in [-0.25, -0.2) is 13.4 Å². The Morgan fingerprint density at radius 3 is 2.68 bits per heavy atom. The Morgan fingerprint density at radius 1 is 1.11 bits per heavy atom. The molecule has 3 heterocycles. The molecule has 0 radical (unpaired) electrons. The molecule has 0 bridgehead atoms. The standard InChI is InChI=1S/C27H25N5O4S/c1-2-3-11-37(35,36)20-14-21(24(33)13-19-9-6-10-28-19)25-22(15-20)30-27(31-25)32-26(34)23-12-17-7-4-5-8-18(17)16-29-23/h4-8,10,12,14-16H,2-3,9,11,13H2,1H3,(H2,30,31,32,34). The molecule has 9 nitrogen and oxygen atoms in total. The van der Waals surface area contributed by atoms with E-state index >= 15 is 0 Å². The minimum Gasteiger partial charge on any atom is -0.324 e. The number of imidazole rings is 1. The summed E-state index contributed by atoms with van der Waals surface area (Å²) >= 11 is 0. The predicted octanol–water partition coefficient (Wildman–Crippen LogP) is 4.87. The van der Waals surface area contributed by atoms with Gasteiger partial charge < -0.3 is 4.98 Å². The normalized spacial score (nSPS) is 13.3. The summed E-state index contributed by atoms with van der Waals surface area (Å²) in [5, 5.41) is 4.46. The third-order valence-corrected chi connectivity index (χ3v) is 7.94. The van der Waals surface area contributed by atoms with E-state index < -0.39 is 15.7 Å². The first-order valence-electron chi connectivity index (χ1n) is 12.0. The van der Waals surface area contributed by atoms with Crippen LogP contribution in [0.25, 0.3) is 21.8 Å². The quantitative estimate of drug-likeness (QED) is 0.306. The summed E-state index contributed by atoms with van der Waals surface area (Å²) in [6, 6.07) is 12.1. The van der Waals surface area contributed by atoms with Crippen LogP contribution in [0.3, 0.4) is 0 Å². The average molecular weight is 516 g/mol. The molecule has 0 atom stereocenters. The van der Waals surface area contributed by atoms with Gasteiger partial charge in [-0.2, -0.15) is 0 Å². The van der Waals surface area contributed by atoms with E-state index in [9.17, 15) is 18.0 Å². The van der Waals surface area contributed by atoms with Gasteiger partial charge in [0.25, 0.3) is 5.91 Å². The van der Waals surface area contributed by atoms with Crippen molar-refractivity contribution in [1.29, 1.82) is 0 Å². The number of hydrogen-bond acceptors (Lipinski definition) is 7. The molecular weight excluding hydrogens is 490 g/mol. The molecular formula is C27H25N5O4S. The Kier molecular flexibility index (Phi) is 6.66. The molecule has 2 aromatic carbocycles. The van der Waals surface area contributed by atoms with Gasteiger partial charge in [0.05, 0.1) is 16.2 Å². The molecule has 0 aliphatic carbocycles. The Hall–Kier alpha value is -4.18. The number of unbranched alkanes of at least 4 members (excludes halogenated alkanes) is 1. The smallest absolute Gasteiger partial charge is 0.276 e. The minimum absolute atomic E-state index is 0.0232. The van der Waals surface area contributed by atoms with Crippen molar-refractivity contribution in [2.45, 2.75) is 37.5 Å². The number of aromatic amines is 1. The minimum atomic E-state index is -3.61. The number of ketones is 1. The van der Waals surface area contributed by atoms with E-state index in [-0.39, 0.29) is 45.6 Å². The Bertz CT molecular complexity index is 1700. The van der Waals surface area contributed by atoms with Crippen molar-refractivity contribution in [2.24, 2.45) is 4.99 Å². The Balaban J connectivity index is 1.50. The van der Waals surface area contributed by atoms with Gasteiger partial charge >= 0.3 is 0 Å². The monoisotopic (exact) mass is 515 g/mol. The lowest BCUT2D eigenvalue weighted by Gasteiger charge is -2.08. The second kappa shape index (κ2) is 10.1. The molecule has 5 rings (SSSR count). The number of anilines is 1. The van der Waals surface area contributed by atoms with Gasteiger partial charge in [0.1, 0.15) is 11.2 Å². The predicted molar refractivity (Wildman–Crippen MR) is 143 cm³/mol. The highest BCUT2D eigenvalue weighted by atomic mass is 32.2. The molecule has 1 aliphatic rings. The number of sulfone groups is 1. The molecule has 37 heavy (non-hydrogen) atoms. The van der Waals surface area contributed by atoms with E-state index in [1.807, 2.05) is 37.3 Å². The second-order valence-electron chi connectivity index (χ2n) is 8.88. The van der Waals surface area contributed by atoms with Gasteiger partial charge in [-0.15, -0.1) is 0 Å². The Morgan fingerprint density at radius 2 is 1.92 bits per heavy atom. The number of carbonyl (C=O) groups excluding carboxylic acids is 2. The van der Waals surface area contributed by atoms with Crippen LogP contribution in [-0.2, 0) is 9.84 Å². The van der Waals surface area contributed by atoms with E-state index in [1.165, 1.54) is 12.1 Å². The first kappa shape index (κ1) is 24.5. The zero-order valence-electron chi connectivity index (χ0n) is 20.2. The molecule has 0 saturated heterocycles. The number of Topliss-reactive ketones (excluding diaryl/α,β-unsaturated/α-hetero) is 1. The third kappa shape index (κ3) is 5.19. The third-order valence-electron chi connectivity index (χ3n) is 6.16. The zero-order chi connectivity index (χ0) is 26.0. The summed E-state index contributed by atoms with van der Waals surface area (Å²) < 4.78 is 25.9. The SMILES string of the molecule is CCCCS(=O)(=O)c1cc(C(=O)CC2=NC=CC2)c2nc(NC(=O)c3cc4ccccc4cn3)[nH]c2c1. The molecule has 188 valence electrons. The number of benzene rings is 2. The largest absolute Gasteiger partial charge is 0.324 e. The van der Waals surface area contributed by atoms with Crippen LogP contribution in [0.2, 0.25) is 0 Å². The summed E-state index contributed by atoms with van der Waals surface area (Å²) in [7, 11) is -3.61. The fourth-order valence-corrected chi connectivity index (χ4v) is 5.67. The number of hydrogen-bond donors (Lipinski definition) is 2. The maximum atomic E-state index is 13.2. The maximum absolute atomic E-state index is 13.2. The highest BCUT2D eigenvalue weighted by molar-refractivity contribution is 7.91. The number of carbonyl (C=O) groups is 2.